The molecular formula is C21H27FN4O4. The first kappa shape index (κ1) is 21.8. The minimum Gasteiger partial charge on any atom is -0.468 e. The van der Waals surface area contributed by atoms with Gasteiger partial charge in [0.05, 0.1) is 18.9 Å². The molecule has 0 aliphatic carbocycles. The van der Waals surface area contributed by atoms with Gasteiger partial charge in [-0.1, -0.05) is 0 Å². The number of hydrogen-bond donors (Lipinski definition) is 2. The molecule has 0 saturated carbocycles. The number of rotatable bonds is 8. The Labute approximate surface area is 175 Å². The van der Waals surface area contributed by atoms with Crippen molar-refractivity contribution in [2.24, 2.45) is 0 Å². The molecule has 1 aliphatic heterocycles. The average Bonchev–Trinajstić information content (AvgIpc) is 3.29. The second kappa shape index (κ2) is 10.7. The molecule has 8 nitrogen and oxygen atoms in total. The lowest BCUT2D eigenvalue weighted by Crippen LogP contribution is -2.51. The molecule has 1 aliphatic rings. The van der Waals surface area contributed by atoms with E-state index in [4.69, 9.17) is 9.15 Å². The molecule has 0 spiro atoms. The summed E-state index contributed by atoms with van der Waals surface area (Å²) in [5.74, 6) is -0.901. The molecule has 2 N–H and O–H groups in total. The average molecular weight is 418 g/mol. The molecule has 162 valence electrons. The Hall–Kier alpha value is -2.91. The van der Waals surface area contributed by atoms with Crippen LogP contribution in [-0.4, -0.2) is 69.7 Å². The minimum absolute atomic E-state index is 0.189. The topological polar surface area (TPSA) is 87.0 Å². The second-order valence-electron chi connectivity index (χ2n) is 6.99. The normalized spacial score (nSPS) is 15.6. The zero-order valence-corrected chi connectivity index (χ0v) is 17.0. The van der Waals surface area contributed by atoms with Crippen molar-refractivity contribution in [3.63, 3.8) is 0 Å². The lowest BCUT2D eigenvalue weighted by Gasteiger charge is -2.39. The lowest BCUT2D eigenvalue weighted by atomic mass is 10.1. The molecule has 1 fully saturated rings. The van der Waals surface area contributed by atoms with Crippen molar-refractivity contribution in [2.75, 3.05) is 57.9 Å². The van der Waals surface area contributed by atoms with Gasteiger partial charge in [-0.25, -0.2) is 4.39 Å². The zero-order chi connectivity index (χ0) is 21.3. The van der Waals surface area contributed by atoms with Crippen LogP contribution in [0, 0.1) is 5.82 Å². The highest BCUT2D eigenvalue weighted by Gasteiger charge is 2.28. The quantitative estimate of drug-likeness (QED) is 0.494. The maximum Gasteiger partial charge on any atom is 0.309 e. The molecule has 2 aromatic rings. The summed E-state index contributed by atoms with van der Waals surface area (Å²) in [4.78, 5) is 28.4. The first-order chi connectivity index (χ1) is 14.6. The summed E-state index contributed by atoms with van der Waals surface area (Å²) in [5, 5.41) is 5.20. The van der Waals surface area contributed by atoms with Crippen LogP contribution in [0.4, 0.5) is 10.1 Å². The van der Waals surface area contributed by atoms with E-state index >= 15 is 0 Å². The molecular weight excluding hydrogens is 391 g/mol. The molecule has 9 heteroatoms. The van der Waals surface area contributed by atoms with Crippen molar-refractivity contribution < 1.29 is 23.1 Å². The maximum absolute atomic E-state index is 13.2. The fourth-order valence-corrected chi connectivity index (χ4v) is 3.45. The van der Waals surface area contributed by atoms with E-state index < -0.39 is 11.8 Å². The third kappa shape index (κ3) is 5.80. The Morgan fingerprint density at radius 1 is 1.10 bits per heavy atom. The van der Waals surface area contributed by atoms with Gasteiger partial charge in [0.25, 0.3) is 0 Å². The third-order valence-electron chi connectivity index (χ3n) is 5.07. The summed E-state index contributed by atoms with van der Waals surface area (Å²) >= 11 is 0. The molecule has 0 radical (unpaired) electrons. The molecule has 1 saturated heterocycles. The monoisotopic (exact) mass is 418 g/mol. The number of nitrogens with one attached hydrogen (secondary N) is 2. The number of carbonyl (C=O) groups is 2. The number of piperazine rings is 1. The van der Waals surface area contributed by atoms with Crippen molar-refractivity contribution in [2.45, 2.75) is 6.04 Å². The summed E-state index contributed by atoms with van der Waals surface area (Å²) in [6.07, 6.45) is 1.59. The number of ether oxygens (including phenoxy) is 1. The number of hydrogen-bond acceptors (Lipinski definition) is 6. The molecule has 2 amide bonds. The van der Waals surface area contributed by atoms with Gasteiger partial charge in [-0.15, -0.1) is 0 Å². The van der Waals surface area contributed by atoms with Gasteiger partial charge in [-0.3, -0.25) is 14.5 Å². The van der Waals surface area contributed by atoms with Crippen LogP contribution in [0.25, 0.3) is 0 Å². The highest BCUT2D eigenvalue weighted by molar-refractivity contribution is 6.35. The van der Waals surface area contributed by atoms with Crippen LogP contribution in [0.5, 0.6) is 0 Å². The second-order valence-corrected chi connectivity index (χ2v) is 6.99. The molecule has 30 heavy (non-hydrogen) atoms. The number of methoxy groups -OCH3 is 1. The highest BCUT2D eigenvalue weighted by atomic mass is 19.1. The Kier molecular flexibility index (Phi) is 7.81. The fraction of sp³-hybridized carbons (Fsp3) is 0.429. The van der Waals surface area contributed by atoms with E-state index in [2.05, 4.69) is 20.4 Å². The van der Waals surface area contributed by atoms with Gasteiger partial charge in [-0.05, 0) is 36.4 Å². The third-order valence-corrected chi connectivity index (χ3v) is 5.07. The SMILES string of the molecule is COCCNC(=O)C(=O)NC[C@H](c1ccco1)N1CCN(c2ccc(F)cc2)CC1. The van der Waals surface area contributed by atoms with Gasteiger partial charge in [0.2, 0.25) is 0 Å². The number of carbonyl (C=O) groups excluding carboxylic acids is 2. The summed E-state index contributed by atoms with van der Waals surface area (Å²) in [5.41, 5.74) is 0.978. The summed E-state index contributed by atoms with van der Waals surface area (Å²) in [6, 6.07) is 9.94. The largest absolute Gasteiger partial charge is 0.468 e. The Balaban J connectivity index is 1.56. The van der Waals surface area contributed by atoms with E-state index in [9.17, 15) is 14.0 Å². The van der Waals surface area contributed by atoms with Gasteiger partial charge < -0.3 is 24.7 Å². The molecule has 1 aromatic heterocycles. The molecule has 1 aromatic carbocycles. The smallest absolute Gasteiger partial charge is 0.309 e. The summed E-state index contributed by atoms with van der Waals surface area (Å²) < 4.78 is 23.6. The van der Waals surface area contributed by atoms with Crippen LogP contribution in [-0.2, 0) is 14.3 Å². The number of nitrogens with zero attached hydrogens (tertiary/aromatic N) is 2. The van der Waals surface area contributed by atoms with Gasteiger partial charge in [-0.2, -0.15) is 0 Å². The van der Waals surface area contributed by atoms with Gasteiger partial charge in [0.15, 0.2) is 0 Å². The fourth-order valence-electron chi connectivity index (χ4n) is 3.45. The summed E-state index contributed by atoms with van der Waals surface area (Å²) in [6.45, 7) is 3.85. The number of benzene rings is 1. The molecule has 0 unspecified atom stereocenters. The van der Waals surface area contributed by atoms with E-state index in [1.165, 1.54) is 19.2 Å². The predicted molar refractivity (Wildman–Crippen MR) is 110 cm³/mol. The van der Waals surface area contributed by atoms with Crippen LogP contribution in [0.15, 0.2) is 47.1 Å². The minimum atomic E-state index is -0.689. The van der Waals surface area contributed by atoms with E-state index in [1.54, 1.807) is 24.5 Å². The predicted octanol–water partition coefficient (Wildman–Crippen LogP) is 1.16. The van der Waals surface area contributed by atoms with Crippen molar-refractivity contribution in [3.8, 4) is 0 Å². The number of amides is 2. The van der Waals surface area contributed by atoms with E-state index in [0.29, 0.717) is 6.61 Å². The van der Waals surface area contributed by atoms with Crippen LogP contribution in [0.2, 0.25) is 0 Å². The Bertz CT molecular complexity index is 805. The first-order valence-electron chi connectivity index (χ1n) is 9.91. The number of furan rings is 1. The molecule has 0 bridgehead atoms. The molecule has 2 heterocycles. The maximum atomic E-state index is 13.2. The first-order valence-corrected chi connectivity index (χ1v) is 9.91. The van der Waals surface area contributed by atoms with Crippen LogP contribution >= 0.6 is 0 Å². The van der Waals surface area contributed by atoms with Crippen LogP contribution in [0.3, 0.4) is 0 Å². The summed E-state index contributed by atoms with van der Waals surface area (Å²) in [7, 11) is 1.52. The number of halogens is 1. The zero-order valence-electron chi connectivity index (χ0n) is 17.0. The Morgan fingerprint density at radius 2 is 1.80 bits per heavy atom. The van der Waals surface area contributed by atoms with Crippen molar-refractivity contribution in [1.29, 1.82) is 0 Å². The Morgan fingerprint density at radius 3 is 2.43 bits per heavy atom. The van der Waals surface area contributed by atoms with Crippen LogP contribution < -0.4 is 15.5 Å². The lowest BCUT2D eigenvalue weighted by molar-refractivity contribution is -0.139. The highest BCUT2D eigenvalue weighted by Crippen LogP contribution is 2.24. The van der Waals surface area contributed by atoms with Gasteiger partial charge >= 0.3 is 11.8 Å². The van der Waals surface area contributed by atoms with E-state index in [-0.39, 0.29) is 24.9 Å². The van der Waals surface area contributed by atoms with Crippen LogP contribution in [0.1, 0.15) is 11.8 Å². The van der Waals surface area contributed by atoms with E-state index in [1.807, 2.05) is 6.07 Å². The van der Waals surface area contributed by atoms with Crippen molar-refractivity contribution in [1.82, 2.24) is 15.5 Å². The molecule has 3 rings (SSSR count). The van der Waals surface area contributed by atoms with Gasteiger partial charge in [0, 0.05) is 52.1 Å². The van der Waals surface area contributed by atoms with E-state index in [0.717, 1.165) is 37.6 Å². The standard InChI is InChI=1S/C21H27FN4O4/c1-29-14-8-23-20(27)21(28)24-15-18(19-3-2-13-30-19)26-11-9-25(10-12-26)17-6-4-16(22)5-7-17/h2-7,13,18H,8-12,14-15H2,1H3,(H,23,27)(H,24,28)/t18-/m1/s1. The van der Waals surface area contributed by atoms with Gasteiger partial charge in [0.1, 0.15) is 11.6 Å². The van der Waals surface area contributed by atoms with Crippen molar-refractivity contribution in [3.05, 3.63) is 54.2 Å². The molecule has 1 atom stereocenters. The van der Waals surface area contributed by atoms with Crippen molar-refractivity contribution >= 4 is 17.5 Å². The number of anilines is 1.